The van der Waals surface area contributed by atoms with Gasteiger partial charge in [0, 0.05) is 6.21 Å². The standard InChI is InChI=1S/C9H7N4.2ClH.V/c1-2-4-8(5-3-1)10-6-9-7-11-13-12-9;;;/h1-7H;2*1H;/q-1;;;+2/p-2. The molecule has 0 unspecified atom stereocenters. The van der Waals surface area contributed by atoms with Crippen molar-refractivity contribution in [2.75, 3.05) is 0 Å². The number of halogens is 2. The zero-order valence-corrected chi connectivity index (χ0v) is 10.9. The first-order valence-electron chi connectivity index (χ1n) is 4.19. The summed E-state index contributed by atoms with van der Waals surface area (Å²) >= 11 is -0.368. The van der Waals surface area contributed by atoms with Crippen molar-refractivity contribution in [1.29, 1.82) is 0 Å². The zero-order valence-electron chi connectivity index (χ0n) is 8.03. The van der Waals surface area contributed by atoms with Gasteiger partial charge in [0.2, 0.25) is 0 Å². The van der Waals surface area contributed by atoms with E-state index in [9.17, 15) is 0 Å². The van der Waals surface area contributed by atoms with Crippen molar-refractivity contribution in [1.82, 2.24) is 15.4 Å². The molecule has 0 N–H and O–H groups in total. The van der Waals surface area contributed by atoms with E-state index in [4.69, 9.17) is 19.7 Å². The minimum absolute atomic E-state index is 0.368. The summed E-state index contributed by atoms with van der Waals surface area (Å²) in [4.78, 5) is 4.18. The Morgan fingerprint density at radius 1 is 1.25 bits per heavy atom. The topological polar surface area (TPSA) is 52.2 Å². The Hall–Kier alpha value is -0.806. The summed E-state index contributed by atoms with van der Waals surface area (Å²) in [5.41, 5.74) is 1.56. The molecule has 83 valence electrons. The van der Waals surface area contributed by atoms with E-state index >= 15 is 0 Å². The average molecular weight is 293 g/mol. The Morgan fingerprint density at radius 2 is 1.94 bits per heavy atom. The molecule has 4 nitrogen and oxygen atoms in total. The fraction of sp³-hybridized carbons (Fsp3) is 0. The summed E-state index contributed by atoms with van der Waals surface area (Å²) in [6, 6.07) is 9.65. The molecule has 0 bridgehead atoms. The van der Waals surface area contributed by atoms with Crippen LogP contribution < -0.4 is 5.10 Å². The van der Waals surface area contributed by atoms with E-state index < -0.39 is 0 Å². The van der Waals surface area contributed by atoms with Crippen molar-refractivity contribution in [2.45, 2.75) is 0 Å². The summed E-state index contributed by atoms with van der Waals surface area (Å²) in [5, 5.41) is 10.7. The van der Waals surface area contributed by atoms with Gasteiger partial charge in [-0.25, -0.2) is 0 Å². The van der Waals surface area contributed by atoms with Gasteiger partial charge >= 0.3 is 34.1 Å². The van der Waals surface area contributed by atoms with Gasteiger partial charge in [-0.1, -0.05) is 24.4 Å². The minimum atomic E-state index is -0.368. The maximum atomic E-state index is 4.86. The van der Waals surface area contributed by atoms with Crippen LogP contribution in [0, 0.1) is 0 Å². The second-order valence-electron chi connectivity index (χ2n) is 2.52. The molecule has 16 heavy (non-hydrogen) atoms. The molecule has 0 spiro atoms. The van der Waals surface area contributed by atoms with Gasteiger partial charge in [-0.15, -0.1) is 0 Å². The second kappa shape index (κ2) is 8.36. The third-order valence-corrected chi connectivity index (χ3v) is 1.50. The number of hydrogen-bond acceptors (Lipinski definition) is 3. The molecule has 0 aliphatic heterocycles. The van der Waals surface area contributed by atoms with Crippen molar-refractivity contribution in [3.63, 3.8) is 0 Å². The molecule has 0 fully saturated rings. The quantitative estimate of drug-likeness (QED) is 0.800. The van der Waals surface area contributed by atoms with Crippen LogP contribution in [-0.4, -0.2) is 16.5 Å². The number of para-hydroxylation sites is 1. The summed E-state index contributed by atoms with van der Waals surface area (Å²) in [6.07, 6.45) is 3.20. The first-order valence-corrected chi connectivity index (χ1v) is 8.03. The molecule has 0 aliphatic carbocycles. The van der Waals surface area contributed by atoms with Gasteiger partial charge in [-0.2, -0.15) is 0 Å². The number of benzene rings is 1. The second-order valence-corrected chi connectivity index (χ2v) is 4.82. The van der Waals surface area contributed by atoms with Crippen molar-refractivity contribution < 1.29 is 14.4 Å². The van der Waals surface area contributed by atoms with E-state index in [-0.39, 0.29) is 14.4 Å². The van der Waals surface area contributed by atoms with Crippen LogP contribution in [0.5, 0.6) is 0 Å². The third kappa shape index (κ3) is 5.33. The van der Waals surface area contributed by atoms with E-state index in [0.29, 0.717) is 5.69 Å². The molecule has 1 heterocycles. The zero-order chi connectivity index (χ0) is 11.6. The first kappa shape index (κ1) is 13.3. The van der Waals surface area contributed by atoms with Crippen LogP contribution in [0.2, 0.25) is 0 Å². The molecule has 1 aromatic carbocycles. The normalized spacial score (nSPS) is 9.62. The molecule has 0 amide bonds. The summed E-state index contributed by atoms with van der Waals surface area (Å²) in [6.45, 7) is 0. The van der Waals surface area contributed by atoms with Crippen LogP contribution in [-0.2, 0) is 14.4 Å². The molecule has 1 aromatic heterocycles. The molecule has 0 saturated heterocycles. The van der Waals surface area contributed by atoms with Crippen LogP contribution in [0.15, 0.2) is 41.5 Å². The number of nitrogens with zero attached hydrogens (tertiary/aromatic N) is 4. The Labute approximate surface area is 108 Å². The predicted molar refractivity (Wildman–Crippen MR) is 60.8 cm³/mol. The van der Waals surface area contributed by atoms with Crippen LogP contribution in [0.3, 0.4) is 0 Å². The van der Waals surface area contributed by atoms with Crippen molar-refractivity contribution in [3.8, 4) is 0 Å². The molecule has 0 aliphatic rings. The van der Waals surface area contributed by atoms with Gasteiger partial charge in [0.1, 0.15) is 0 Å². The molecule has 7 heteroatoms. The third-order valence-electron chi connectivity index (χ3n) is 1.50. The molecule has 0 saturated carbocycles. The number of aliphatic imine (C=N–C) groups is 1. The van der Waals surface area contributed by atoms with Crippen LogP contribution in [0.1, 0.15) is 5.69 Å². The fourth-order valence-corrected chi connectivity index (χ4v) is 0.902. The Balaban J connectivity index is 0.000000386. The van der Waals surface area contributed by atoms with Gasteiger partial charge in [0.05, 0.1) is 5.69 Å². The number of hydrogen-bond donors (Lipinski definition) is 0. The van der Waals surface area contributed by atoms with Gasteiger partial charge in [-0.3, -0.25) is 10.2 Å². The molecule has 0 radical (unpaired) electrons. The van der Waals surface area contributed by atoms with Gasteiger partial charge < -0.3 is 10.2 Å². The summed E-state index contributed by atoms with van der Waals surface area (Å²) in [7, 11) is 9.72. The monoisotopic (exact) mass is 292 g/mol. The van der Waals surface area contributed by atoms with Crippen molar-refractivity contribution in [3.05, 3.63) is 42.2 Å². The first-order chi connectivity index (χ1) is 7.86. The number of rotatable bonds is 2. The molecular weight excluding hydrogens is 286 g/mol. The summed E-state index contributed by atoms with van der Waals surface area (Å²) < 4.78 is 0. The van der Waals surface area contributed by atoms with Gasteiger partial charge in [0.25, 0.3) is 0 Å². The van der Waals surface area contributed by atoms with E-state index in [0.717, 1.165) is 5.69 Å². The Bertz CT molecular complexity index is 405. The molecular formula is C9H7Cl2N4V-. The number of aromatic nitrogens is 3. The van der Waals surface area contributed by atoms with E-state index in [1.165, 1.54) is 0 Å². The van der Waals surface area contributed by atoms with Crippen LogP contribution in [0.4, 0.5) is 5.69 Å². The molecule has 2 aromatic rings. The van der Waals surface area contributed by atoms with E-state index in [1.54, 1.807) is 12.4 Å². The molecule has 2 rings (SSSR count). The maximum absolute atomic E-state index is 4.86. The predicted octanol–water partition coefficient (Wildman–Crippen LogP) is 2.56. The van der Waals surface area contributed by atoms with Gasteiger partial charge in [-0.05, 0) is 17.8 Å². The van der Waals surface area contributed by atoms with Crippen molar-refractivity contribution >= 4 is 31.6 Å². The SMILES string of the molecule is C(=Nc1ccccc1)c1cnn[n-]1.[Cl][V][Cl]. The van der Waals surface area contributed by atoms with Crippen molar-refractivity contribution in [2.24, 2.45) is 4.99 Å². The fourth-order valence-electron chi connectivity index (χ4n) is 0.902. The van der Waals surface area contributed by atoms with Crippen LogP contribution in [0.25, 0.3) is 0 Å². The molecule has 0 atom stereocenters. The average Bonchev–Trinajstić information content (AvgIpc) is 2.82. The van der Waals surface area contributed by atoms with E-state index in [2.05, 4.69) is 20.4 Å². The van der Waals surface area contributed by atoms with Gasteiger partial charge in [0.15, 0.2) is 0 Å². The Morgan fingerprint density at radius 3 is 2.50 bits per heavy atom. The van der Waals surface area contributed by atoms with Crippen LogP contribution >= 0.6 is 19.7 Å². The summed E-state index contributed by atoms with van der Waals surface area (Å²) in [5.74, 6) is 0. The van der Waals surface area contributed by atoms with E-state index in [1.807, 2.05) is 30.3 Å². The Kier molecular flexibility index (Phi) is 6.93.